The van der Waals surface area contributed by atoms with Gasteiger partial charge in [0.1, 0.15) is 0 Å². The molecule has 120 valence electrons. The Labute approximate surface area is 136 Å². The molecule has 0 radical (unpaired) electrons. The summed E-state index contributed by atoms with van der Waals surface area (Å²) < 4.78 is 5.38. The second-order valence-electron chi connectivity index (χ2n) is 5.81. The SMILES string of the molecule is O=C(CCCc1ccc(N2CCOCC2)cc1)N1CCSC1. The lowest BCUT2D eigenvalue weighted by atomic mass is 10.1. The maximum atomic E-state index is 12.0. The fraction of sp³-hybridized carbons (Fsp3) is 0.588. The number of morpholine rings is 1. The highest BCUT2D eigenvalue weighted by Gasteiger charge is 2.17. The van der Waals surface area contributed by atoms with Crippen LogP contribution in [0.25, 0.3) is 0 Å². The molecule has 1 aromatic rings. The molecule has 4 nitrogen and oxygen atoms in total. The van der Waals surface area contributed by atoms with E-state index in [0.29, 0.717) is 12.3 Å². The van der Waals surface area contributed by atoms with Gasteiger partial charge < -0.3 is 14.5 Å². The Hall–Kier alpha value is -1.20. The van der Waals surface area contributed by atoms with Crippen molar-refractivity contribution in [3.63, 3.8) is 0 Å². The highest BCUT2D eigenvalue weighted by molar-refractivity contribution is 7.99. The number of anilines is 1. The number of carbonyl (C=O) groups excluding carboxylic acids is 1. The fourth-order valence-electron chi connectivity index (χ4n) is 2.91. The molecule has 0 aromatic heterocycles. The summed E-state index contributed by atoms with van der Waals surface area (Å²) >= 11 is 1.85. The molecule has 0 saturated carbocycles. The summed E-state index contributed by atoms with van der Waals surface area (Å²) in [5.41, 5.74) is 2.60. The van der Waals surface area contributed by atoms with Crippen molar-refractivity contribution in [1.82, 2.24) is 4.90 Å². The molecule has 3 rings (SSSR count). The van der Waals surface area contributed by atoms with Gasteiger partial charge >= 0.3 is 0 Å². The zero-order valence-corrected chi connectivity index (χ0v) is 13.8. The minimum absolute atomic E-state index is 0.315. The molecule has 0 unspecified atom stereocenters. The van der Waals surface area contributed by atoms with Gasteiger partial charge in [-0.25, -0.2) is 0 Å². The van der Waals surface area contributed by atoms with E-state index in [9.17, 15) is 4.79 Å². The summed E-state index contributed by atoms with van der Waals surface area (Å²) in [6.07, 6.45) is 2.60. The quantitative estimate of drug-likeness (QED) is 0.834. The fourth-order valence-corrected chi connectivity index (χ4v) is 3.88. The summed E-state index contributed by atoms with van der Waals surface area (Å²) in [7, 11) is 0. The first kappa shape index (κ1) is 15.7. The van der Waals surface area contributed by atoms with E-state index < -0.39 is 0 Å². The van der Waals surface area contributed by atoms with Gasteiger partial charge in [0.05, 0.1) is 19.1 Å². The largest absolute Gasteiger partial charge is 0.378 e. The topological polar surface area (TPSA) is 32.8 Å². The predicted octanol–water partition coefficient (Wildman–Crippen LogP) is 2.38. The van der Waals surface area contributed by atoms with Crippen molar-refractivity contribution in [3.8, 4) is 0 Å². The van der Waals surface area contributed by atoms with E-state index in [0.717, 1.165) is 57.3 Å². The number of aryl methyl sites for hydroxylation is 1. The van der Waals surface area contributed by atoms with E-state index in [1.807, 2.05) is 16.7 Å². The van der Waals surface area contributed by atoms with Crippen molar-refractivity contribution in [2.75, 3.05) is 49.4 Å². The maximum Gasteiger partial charge on any atom is 0.223 e. The lowest BCUT2D eigenvalue weighted by Gasteiger charge is -2.28. The molecule has 0 bridgehead atoms. The van der Waals surface area contributed by atoms with E-state index >= 15 is 0 Å². The first-order valence-electron chi connectivity index (χ1n) is 8.10. The first-order valence-corrected chi connectivity index (χ1v) is 9.25. The van der Waals surface area contributed by atoms with Gasteiger partial charge in [-0.3, -0.25) is 4.79 Å². The second kappa shape index (κ2) is 7.88. The minimum Gasteiger partial charge on any atom is -0.378 e. The Morgan fingerprint density at radius 3 is 2.59 bits per heavy atom. The molecule has 5 heteroatoms. The van der Waals surface area contributed by atoms with Crippen LogP contribution >= 0.6 is 11.8 Å². The van der Waals surface area contributed by atoms with Gasteiger partial charge in [-0.15, -0.1) is 11.8 Å². The molecule has 0 aliphatic carbocycles. The van der Waals surface area contributed by atoms with Crippen molar-refractivity contribution in [3.05, 3.63) is 29.8 Å². The molecule has 0 atom stereocenters. The summed E-state index contributed by atoms with van der Waals surface area (Å²) in [6, 6.07) is 8.78. The third-order valence-corrected chi connectivity index (χ3v) is 5.24. The molecule has 2 aliphatic heterocycles. The summed E-state index contributed by atoms with van der Waals surface area (Å²) in [5, 5.41) is 0. The molecule has 2 fully saturated rings. The summed E-state index contributed by atoms with van der Waals surface area (Å²) in [4.78, 5) is 16.3. The number of thioether (sulfide) groups is 1. The van der Waals surface area contributed by atoms with Crippen LogP contribution in [-0.2, 0) is 16.0 Å². The van der Waals surface area contributed by atoms with E-state index in [2.05, 4.69) is 29.2 Å². The predicted molar refractivity (Wildman–Crippen MR) is 91.5 cm³/mol. The molecule has 1 amide bonds. The summed E-state index contributed by atoms with van der Waals surface area (Å²) in [5.74, 6) is 2.29. The lowest BCUT2D eigenvalue weighted by Crippen LogP contribution is -2.36. The van der Waals surface area contributed by atoms with Crippen LogP contribution in [0.15, 0.2) is 24.3 Å². The number of carbonyl (C=O) groups is 1. The number of benzene rings is 1. The van der Waals surface area contributed by atoms with Crippen LogP contribution in [-0.4, -0.2) is 55.3 Å². The molecule has 0 N–H and O–H groups in total. The Balaban J connectivity index is 1.43. The van der Waals surface area contributed by atoms with Gasteiger partial charge in [0.15, 0.2) is 0 Å². The van der Waals surface area contributed by atoms with Crippen molar-refractivity contribution < 1.29 is 9.53 Å². The monoisotopic (exact) mass is 320 g/mol. The Morgan fingerprint density at radius 1 is 1.14 bits per heavy atom. The van der Waals surface area contributed by atoms with E-state index in [1.54, 1.807) is 0 Å². The average Bonchev–Trinajstić information content (AvgIpc) is 3.11. The van der Waals surface area contributed by atoms with E-state index in [4.69, 9.17) is 4.74 Å². The molecule has 2 saturated heterocycles. The highest BCUT2D eigenvalue weighted by atomic mass is 32.2. The number of rotatable bonds is 5. The zero-order valence-electron chi connectivity index (χ0n) is 13.0. The maximum absolute atomic E-state index is 12.0. The molecule has 0 spiro atoms. The van der Waals surface area contributed by atoms with Crippen LogP contribution in [0.2, 0.25) is 0 Å². The second-order valence-corrected chi connectivity index (χ2v) is 6.89. The smallest absolute Gasteiger partial charge is 0.223 e. The molecule has 1 aromatic carbocycles. The lowest BCUT2D eigenvalue weighted by molar-refractivity contribution is -0.129. The van der Waals surface area contributed by atoms with Crippen LogP contribution in [0, 0.1) is 0 Å². The van der Waals surface area contributed by atoms with Crippen molar-refractivity contribution in [2.45, 2.75) is 19.3 Å². The van der Waals surface area contributed by atoms with Gasteiger partial charge in [0.2, 0.25) is 5.91 Å². The van der Waals surface area contributed by atoms with E-state index in [-0.39, 0.29) is 0 Å². The van der Waals surface area contributed by atoms with Crippen molar-refractivity contribution in [1.29, 1.82) is 0 Å². The van der Waals surface area contributed by atoms with Gasteiger partial charge in [-0.05, 0) is 30.5 Å². The van der Waals surface area contributed by atoms with Gasteiger partial charge in [0.25, 0.3) is 0 Å². The van der Waals surface area contributed by atoms with Crippen LogP contribution in [0.1, 0.15) is 18.4 Å². The molecule has 22 heavy (non-hydrogen) atoms. The number of hydrogen-bond donors (Lipinski definition) is 0. The van der Waals surface area contributed by atoms with Crippen molar-refractivity contribution >= 4 is 23.4 Å². The standard InChI is InChI=1S/C17H24N2O2S/c20-17(19-10-13-22-14-19)3-1-2-15-4-6-16(7-5-15)18-8-11-21-12-9-18/h4-7H,1-3,8-14H2. The molecular weight excluding hydrogens is 296 g/mol. The van der Waals surface area contributed by atoms with Crippen LogP contribution in [0.3, 0.4) is 0 Å². The highest BCUT2D eigenvalue weighted by Crippen LogP contribution is 2.19. The third kappa shape index (κ3) is 4.17. The summed E-state index contributed by atoms with van der Waals surface area (Å²) in [6.45, 7) is 4.51. The first-order chi connectivity index (χ1) is 10.8. The Bertz CT molecular complexity index is 480. The number of hydrogen-bond acceptors (Lipinski definition) is 4. The van der Waals surface area contributed by atoms with Gasteiger partial charge in [-0.2, -0.15) is 0 Å². The number of nitrogens with zero attached hydrogens (tertiary/aromatic N) is 2. The van der Waals surface area contributed by atoms with Crippen molar-refractivity contribution in [2.24, 2.45) is 0 Å². The van der Waals surface area contributed by atoms with Gasteiger partial charge in [-0.1, -0.05) is 12.1 Å². The zero-order chi connectivity index (χ0) is 15.2. The van der Waals surface area contributed by atoms with Gasteiger partial charge in [0, 0.05) is 37.5 Å². The Morgan fingerprint density at radius 2 is 1.91 bits per heavy atom. The van der Waals surface area contributed by atoms with Crippen LogP contribution in [0.4, 0.5) is 5.69 Å². The number of ether oxygens (including phenoxy) is 1. The van der Waals surface area contributed by atoms with E-state index in [1.165, 1.54) is 11.3 Å². The normalized spacial score (nSPS) is 18.7. The molecular formula is C17H24N2O2S. The minimum atomic E-state index is 0.315. The molecule has 2 heterocycles. The third-order valence-electron chi connectivity index (χ3n) is 4.27. The molecule has 2 aliphatic rings. The van der Waals surface area contributed by atoms with Crippen LogP contribution in [0.5, 0.6) is 0 Å². The Kier molecular flexibility index (Phi) is 5.62. The number of amides is 1. The van der Waals surface area contributed by atoms with Crippen LogP contribution < -0.4 is 4.90 Å². The average molecular weight is 320 g/mol.